The van der Waals surface area contributed by atoms with E-state index >= 15 is 0 Å². The van der Waals surface area contributed by atoms with Crippen molar-refractivity contribution in [3.8, 4) is 5.75 Å². The van der Waals surface area contributed by atoms with Gasteiger partial charge in [0.05, 0.1) is 5.02 Å². The molecule has 0 spiro atoms. The molecule has 0 radical (unpaired) electrons. The number of para-hydroxylation sites is 1. The van der Waals surface area contributed by atoms with Gasteiger partial charge >= 0.3 is 0 Å². The number of halogens is 2. The van der Waals surface area contributed by atoms with Crippen LogP contribution in [0.25, 0.3) is 0 Å². The zero-order valence-corrected chi connectivity index (χ0v) is 11.4. The van der Waals surface area contributed by atoms with Gasteiger partial charge in [-0.25, -0.2) is 4.39 Å². The summed E-state index contributed by atoms with van der Waals surface area (Å²) in [5.41, 5.74) is 1.82. The highest BCUT2D eigenvalue weighted by atomic mass is 35.5. The van der Waals surface area contributed by atoms with E-state index in [2.05, 4.69) is 5.32 Å². The molecule has 0 aliphatic rings. The van der Waals surface area contributed by atoms with Crippen LogP contribution in [0, 0.1) is 5.82 Å². The van der Waals surface area contributed by atoms with E-state index in [0.717, 1.165) is 23.4 Å². The predicted molar refractivity (Wildman–Crippen MR) is 74.9 cm³/mol. The number of ether oxygens (including phenoxy) is 1. The Morgan fingerprint density at radius 1 is 1.21 bits per heavy atom. The first-order valence-corrected chi connectivity index (χ1v) is 6.37. The first kappa shape index (κ1) is 13.8. The van der Waals surface area contributed by atoms with Crippen LogP contribution >= 0.6 is 11.6 Å². The molecule has 2 aromatic carbocycles. The molecule has 0 aliphatic heterocycles. The molecular weight excluding hydrogens is 265 g/mol. The lowest BCUT2D eigenvalue weighted by Gasteiger charge is -2.11. The predicted octanol–water partition coefficient (Wildman–Crippen LogP) is 3.78. The van der Waals surface area contributed by atoms with Crippen molar-refractivity contribution in [2.75, 3.05) is 7.05 Å². The lowest BCUT2D eigenvalue weighted by molar-refractivity contribution is 0.302. The Kier molecular flexibility index (Phi) is 4.77. The van der Waals surface area contributed by atoms with E-state index in [1.54, 1.807) is 6.07 Å². The Hall–Kier alpha value is -1.58. The van der Waals surface area contributed by atoms with Crippen LogP contribution in [0.4, 0.5) is 4.39 Å². The van der Waals surface area contributed by atoms with E-state index in [-0.39, 0.29) is 5.02 Å². The Morgan fingerprint density at radius 2 is 2.00 bits per heavy atom. The van der Waals surface area contributed by atoms with Gasteiger partial charge in [0.15, 0.2) is 0 Å². The summed E-state index contributed by atoms with van der Waals surface area (Å²) >= 11 is 5.64. The van der Waals surface area contributed by atoms with E-state index in [4.69, 9.17) is 16.3 Å². The normalized spacial score (nSPS) is 10.5. The minimum Gasteiger partial charge on any atom is -0.489 e. The lowest BCUT2D eigenvalue weighted by Crippen LogP contribution is -2.07. The molecule has 2 rings (SSSR count). The highest BCUT2D eigenvalue weighted by molar-refractivity contribution is 6.30. The zero-order valence-electron chi connectivity index (χ0n) is 10.6. The molecule has 0 amide bonds. The number of rotatable bonds is 5. The molecule has 4 heteroatoms. The molecule has 1 N–H and O–H groups in total. The van der Waals surface area contributed by atoms with Crippen LogP contribution in [0.2, 0.25) is 5.02 Å². The van der Waals surface area contributed by atoms with Crippen molar-refractivity contribution in [1.29, 1.82) is 0 Å². The molecule has 0 bridgehead atoms. The van der Waals surface area contributed by atoms with Gasteiger partial charge in [-0.1, -0.05) is 35.9 Å². The minimum absolute atomic E-state index is 0.124. The molecule has 2 nitrogen and oxygen atoms in total. The van der Waals surface area contributed by atoms with Crippen LogP contribution in [0.3, 0.4) is 0 Å². The highest BCUT2D eigenvalue weighted by Gasteiger charge is 2.04. The van der Waals surface area contributed by atoms with Crippen LogP contribution in [0.5, 0.6) is 5.75 Å². The summed E-state index contributed by atoms with van der Waals surface area (Å²) in [5.74, 6) is 0.374. The van der Waals surface area contributed by atoms with Crippen molar-refractivity contribution in [2.45, 2.75) is 13.2 Å². The highest BCUT2D eigenvalue weighted by Crippen LogP contribution is 2.20. The average molecular weight is 280 g/mol. The van der Waals surface area contributed by atoms with Gasteiger partial charge in [-0.15, -0.1) is 0 Å². The van der Waals surface area contributed by atoms with Crippen LogP contribution in [0.1, 0.15) is 11.1 Å². The Balaban J connectivity index is 2.07. The first-order valence-electron chi connectivity index (χ1n) is 6.00. The quantitative estimate of drug-likeness (QED) is 0.899. The van der Waals surface area contributed by atoms with E-state index in [0.29, 0.717) is 6.61 Å². The molecule has 2 aromatic rings. The summed E-state index contributed by atoms with van der Waals surface area (Å²) in [4.78, 5) is 0. The van der Waals surface area contributed by atoms with E-state index in [9.17, 15) is 4.39 Å². The SMILES string of the molecule is CNCc1ccccc1OCc1ccc(Cl)c(F)c1. The van der Waals surface area contributed by atoms with Crippen LogP contribution in [-0.2, 0) is 13.2 Å². The van der Waals surface area contributed by atoms with Crippen LogP contribution < -0.4 is 10.1 Å². The number of hydrogen-bond donors (Lipinski definition) is 1. The fraction of sp³-hybridized carbons (Fsp3) is 0.200. The van der Waals surface area contributed by atoms with Crippen LogP contribution in [-0.4, -0.2) is 7.05 Å². The molecule has 0 unspecified atom stereocenters. The molecule has 0 heterocycles. The summed E-state index contributed by atoms with van der Waals surface area (Å²) < 4.78 is 19.0. The summed E-state index contributed by atoms with van der Waals surface area (Å²) in [6.45, 7) is 1.04. The van der Waals surface area contributed by atoms with Gasteiger partial charge in [0, 0.05) is 12.1 Å². The third-order valence-electron chi connectivity index (χ3n) is 2.72. The van der Waals surface area contributed by atoms with Crippen molar-refractivity contribution in [3.63, 3.8) is 0 Å². The summed E-state index contributed by atoms with van der Waals surface area (Å²) in [6.07, 6.45) is 0. The van der Waals surface area contributed by atoms with Gasteiger partial charge in [-0.3, -0.25) is 0 Å². The van der Waals surface area contributed by atoms with E-state index in [1.165, 1.54) is 12.1 Å². The summed E-state index contributed by atoms with van der Waals surface area (Å²) in [6, 6.07) is 12.5. The van der Waals surface area contributed by atoms with Gasteiger partial charge in [-0.05, 0) is 30.8 Å². The largest absolute Gasteiger partial charge is 0.489 e. The molecule has 0 fully saturated rings. The molecule has 0 atom stereocenters. The van der Waals surface area contributed by atoms with Crippen molar-refractivity contribution in [1.82, 2.24) is 5.32 Å². The molecule has 0 saturated heterocycles. The fourth-order valence-corrected chi connectivity index (χ4v) is 1.89. The Bertz CT molecular complexity index is 560. The first-order chi connectivity index (χ1) is 9.20. The monoisotopic (exact) mass is 279 g/mol. The maximum absolute atomic E-state index is 13.3. The van der Waals surface area contributed by atoms with Crippen molar-refractivity contribution in [3.05, 3.63) is 64.4 Å². The molecule has 100 valence electrons. The lowest BCUT2D eigenvalue weighted by atomic mass is 10.2. The van der Waals surface area contributed by atoms with Gasteiger partial charge in [-0.2, -0.15) is 0 Å². The van der Waals surface area contributed by atoms with Gasteiger partial charge in [0.2, 0.25) is 0 Å². The smallest absolute Gasteiger partial charge is 0.142 e. The second kappa shape index (κ2) is 6.55. The van der Waals surface area contributed by atoms with Gasteiger partial charge < -0.3 is 10.1 Å². The number of benzene rings is 2. The summed E-state index contributed by atoms with van der Waals surface area (Å²) in [7, 11) is 1.88. The molecular formula is C15H15ClFNO. The third-order valence-corrected chi connectivity index (χ3v) is 3.02. The minimum atomic E-state index is -0.425. The third kappa shape index (κ3) is 3.69. The maximum atomic E-state index is 13.3. The van der Waals surface area contributed by atoms with Gasteiger partial charge in [0.1, 0.15) is 18.2 Å². The Labute approximate surface area is 117 Å². The van der Waals surface area contributed by atoms with E-state index in [1.807, 2.05) is 31.3 Å². The number of nitrogens with one attached hydrogen (secondary N) is 1. The molecule has 0 saturated carbocycles. The Morgan fingerprint density at radius 3 is 2.74 bits per heavy atom. The number of hydrogen-bond acceptors (Lipinski definition) is 2. The topological polar surface area (TPSA) is 21.3 Å². The van der Waals surface area contributed by atoms with Crippen molar-refractivity contribution < 1.29 is 9.13 Å². The second-order valence-electron chi connectivity index (χ2n) is 4.18. The van der Waals surface area contributed by atoms with Crippen LogP contribution in [0.15, 0.2) is 42.5 Å². The van der Waals surface area contributed by atoms with E-state index < -0.39 is 5.82 Å². The standard InChI is InChI=1S/C15H15ClFNO/c1-18-9-12-4-2-3-5-15(12)19-10-11-6-7-13(16)14(17)8-11/h2-8,18H,9-10H2,1H3. The molecule has 19 heavy (non-hydrogen) atoms. The maximum Gasteiger partial charge on any atom is 0.142 e. The molecule has 0 aromatic heterocycles. The van der Waals surface area contributed by atoms with Crippen molar-refractivity contribution >= 4 is 11.6 Å². The summed E-state index contributed by atoms with van der Waals surface area (Å²) in [5, 5.41) is 3.21. The second-order valence-corrected chi connectivity index (χ2v) is 4.58. The van der Waals surface area contributed by atoms with Crippen molar-refractivity contribution in [2.24, 2.45) is 0 Å². The fourth-order valence-electron chi connectivity index (χ4n) is 1.77. The average Bonchev–Trinajstić information content (AvgIpc) is 2.42. The molecule has 0 aliphatic carbocycles. The van der Waals surface area contributed by atoms with Gasteiger partial charge in [0.25, 0.3) is 0 Å². The zero-order chi connectivity index (χ0) is 13.7.